The van der Waals surface area contributed by atoms with Gasteiger partial charge in [-0.25, -0.2) is 0 Å². The molecular weight excluding hydrogens is 212 g/mol. The van der Waals surface area contributed by atoms with Crippen molar-refractivity contribution < 1.29 is 4.74 Å². The summed E-state index contributed by atoms with van der Waals surface area (Å²) in [6.45, 7) is 7.54. The molecule has 0 N–H and O–H groups in total. The molecule has 94 valence electrons. The third kappa shape index (κ3) is 4.10. The number of pyridine rings is 1. The van der Waals surface area contributed by atoms with Crippen LogP contribution in [0.5, 0.6) is 0 Å². The topological polar surface area (TPSA) is 25.4 Å². The van der Waals surface area contributed by atoms with Crippen LogP contribution in [0.2, 0.25) is 0 Å². The van der Waals surface area contributed by atoms with Crippen LogP contribution in [0.4, 0.5) is 0 Å². The van der Waals surface area contributed by atoms with Crippen molar-refractivity contribution in [2.75, 3.05) is 13.1 Å². The van der Waals surface area contributed by atoms with Crippen LogP contribution in [0.15, 0.2) is 24.5 Å². The van der Waals surface area contributed by atoms with Crippen LogP contribution >= 0.6 is 0 Å². The summed E-state index contributed by atoms with van der Waals surface area (Å²) in [7, 11) is 0. The predicted octanol–water partition coefficient (Wildman–Crippen LogP) is 2.47. The van der Waals surface area contributed by atoms with Crippen molar-refractivity contribution in [2.24, 2.45) is 0 Å². The minimum atomic E-state index is 0.353. The van der Waals surface area contributed by atoms with Crippen LogP contribution in [0.3, 0.4) is 0 Å². The van der Waals surface area contributed by atoms with E-state index in [-0.39, 0.29) is 0 Å². The Morgan fingerprint density at radius 3 is 2.53 bits per heavy atom. The van der Waals surface area contributed by atoms with Crippen molar-refractivity contribution in [1.29, 1.82) is 0 Å². The normalized spacial score (nSPS) is 18.8. The molecule has 0 atom stereocenters. The number of hydrogen-bond acceptors (Lipinski definition) is 3. The van der Waals surface area contributed by atoms with Crippen LogP contribution in [-0.2, 0) is 11.3 Å². The highest BCUT2D eigenvalue weighted by Crippen LogP contribution is 2.17. The van der Waals surface area contributed by atoms with Gasteiger partial charge in [0.2, 0.25) is 0 Å². The molecule has 2 rings (SSSR count). The van der Waals surface area contributed by atoms with E-state index in [1.807, 2.05) is 12.4 Å². The summed E-state index contributed by atoms with van der Waals surface area (Å²) in [6.07, 6.45) is 6.86. The molecule has 0 radical (unpaired) electrons. The zero-order valence-corrected chi connectivity index (χ0v) is 10.8. The van der Waals surface area contributed by atoms with Gasteiger partial charge in [-0.1, -0.05) is 0 Å². The van der Waals surface area contributed by atoms with Gasteiger partial charge in [0.05, 0.1) is 12.2 Å². The Morgan fingerprint density at radius 1 is 1.29 bits per heavy atom. The van der Waals surface area contributed by atoms with E-state index >= 15 is 0 Å². The lowest BCUT2D eigenvalue weighted by molar-refractivity contribution is -0.0279. The lowest BCUT2D eigenvalue weighted by Gasteiger charge is -2.32. The Balaban J connectivity index is 1.76. The second-order valence-electron chi connectivity index (χ2n) is 5.02. The zero-order chi connectivity index (χ0) is 12.1. The van der Waals surface area contributed by atoms with Gasteiger partial charge < -0.3 is 4.74 Å². The van der Waals surface area contributed by atoms with E-state index in [0.29, 0.717) is 12.2 Å². The van der Waals surface area contributed by atoms with Gasteiger partial charge in [0, 0.05) is 32.0 Å². The molecule has 3 heteroatoms. The fourth-order valence-corrected chi connectivity index (χ4v) is 2.33. The Kier molecular flexibility index (Phi) is 4.51. The molecule has 1 aliphatic rings. The summed E-state index contributed by atoms with van der Waals surface area (Å²) >= 11 is 0. The zero-order valence-electron chi connectivity index (χ0n) is 10.8. The van der Waals surface area contributed by atoms with Crippen LogP contribution in [0.1, 0.15) is 32.3 Å². The Hall–Kier alpha value is -0.930. The first-order chi connectivity index (χ1) is 8.24. The average molecular weight is 234 g/mol. The number of ether oxygens (including phenoxy) is 1. The van der Waals surface area contributed by atoms with E-state index in [2.05, 4.69) is 35.9 Å². The molecule has 1 fully saturated rings. The monoisotopic (exact) mass is 234 g/mol. The molecule has 0 saturated carbocycles. The summed E-state index contributed by atoms with van der Waals surface area (Å²) in [5.41, 5.74) is 1.35. The molecule has 0 amide bonds. The van der Waals surface area contributed by atoms with Crippen LogP contribution in [0, 0.1) is 0 Å². The van der Waals surface area contributed by atoms with Crippen molar-refractivity contribution in [3.8, 4) is 0 Å². The fraction of sp³-hybridized carbons (Fsp3) is 0.643. The number of rotatable bonds is 4. The quantitative estimate of drug-likeness (QED) is 0.800. The average Bonchev–Trinajstić information content (AvgIpc) is 2.32. The summed E-state index contributed by atoms with van der Waals surface area (Å²) in [5.74, 6) is 0. The molecule has 1 aliphatic heterocycles. The fourth-order valence-electron chi connectivity index (χ4n) is 2.33. The number of hydrogen-bond donors (Lipinski definition) is 0. The molecular formula is C14H22N2O. The van der Waals surface area contributed by atoms with Crippen LogP contribution in [-0.4, -0.2) is 35.2 Å². The molecule has 3 nitrogen and oxygen atoms in total. The summed E-state index contributed by atoms with van der Waals surface area (Å²) in [6, 6.07) is 4.19. The number of likely N-dealkylation sites (tertiary alicyclic amines) is 1. The molecule has 0 aromatic carbocycles. The number of aromatic nitrogens is 1. The third-order valence-corrected chi connectivity index (χ3v) is 3.15. The Morgan fingerprint density at radius 2 is 1.94 bits per heavy atom. The van der Waals surface area contributed by atoms with Gasteiger partial charge >= 0.3 is 0 Å². The molecule has 2 heterocycles. The Labute approximate surface area is 104 Å². The van der Waals surface area contributed by atoms with E-state index in [1.165, 1.54) is 5.56 Å². The molecule has 0 bridgehead atoms. The van der Waals surface area contributed by atoms with E-state index in [4.69, 9.17) is 4.74 Å². The van der Waals surface area contributed by atoms with Gasteiger partial charge in [-0.15, -0.1) is 0 Å². The predicted molar refractivity (Wildman–Crippen MR) is 68.8 cm³/mol. The molecule has 1 aromatic rings. The van der Waals surface area contributed by atoms with Crippen molar-refractivity contribution in [2.45, 2.75) is 45.4 Å². The molecule has 17 heavy (non-hydrogen) atoms. The van der Waals surface area contributed by atoms with Gasteiger partial charge in [0.1, 0.15) is 0 Å². The molecule has 0 spiro atoms. The molecule has 1 saturated heterocycles. The van der Waals surface area contributed by atoms with Crippen LogP contribution < -0.4 is 0 Å². The first-order valence-electron chi connectivity index (χ1n) is 6.51. The summed E-state index contributed by atoms with van der Waals surface area (Å²) in [5, 5.41) is 0. The van der Waals surface area contributed by atoms with Crippen LogP contribution in [0.25, 0.3) is 0 Å². The minimum Gasteiger partial charge on any atom is -0.375 e. The van der Waals surface area contributed by atoms with E-state index in [0.717, 1.165) is 32.5 Å². The van der Waals surface area contributed by atoms with E-state index < -0.39 is 0 Å². The SMILES string of the molecule is CC(C)OC1CCN(Cc2ccncc2)CC1. The van der Waals surface area contributed by atoms with Crippen molar-refractivity contribution in [3.05, 3.63) is 30.1 Å². The molecule has 0 aliphatic carbocycles. The third-order valence-electron chi connectivity index (χ3n) is 3.15. The van der Waals surface area contributed by atoms with Gasteiger partial charge in [0.25, 0.3) is 0 Å². The number of nitrogens with zero attached hydrogens (tertiary/aromatic N) is 2. The van der Waals surface area contributed by atoms with Gasteiger partial charge in [-0.2, -0.15) is 0 Å². The second-order valence-corrected chi connectivity index (χ2v) is 5.02. The second kappa shape index (κ2) is 6.12. The van der Waals surface area contributed by atoms with Crippen molar-refractivity contribution in [3.63, 3.8) is 0 Å². The van der Waals surface area contributed by atoms with Crippen molar-refractivity contribution in [1.82, 2.24) is 9.88 Å². The number of piperidine rings is 1. The van der Waals surface area contributed by atoms with Gasteiger partial charge in [-0.3, -0.25) is 9.88 Å². The Bertz CT molecular complexity index is 318. The first kappa shape index (κ1) is 12.5. The largest absolute Gasteiger partial charge is 0.375 e. The smallest absolute Gasteiger partial charge is 0.0603 e. The van der Waals surface area contributed by atoms with Gasteiger partial charge in [-0.05, 0) is 44.4 Å². The highest BCUT2D eigenvalue weighted by Gasteiger charge is 2.20. The summed E-state index contributed by atoms with van der Waals surface area (Å²) < 4.78 is 5.85. The maximum atomic E-state index is 5.85. The summed E-state index contributed by atoms with van der Waals surface area (Å²) in [4.78, 5) is 6.54. The highest BCUT2D eigenvalue weighted by molar-refractivity contribution is 5.09. The lowest BCUT2D eigenvalue weighted by Crippen LogP contribution is -2.37. The van der Waals surface area contributed by atoms with E-state index in [9.17, 15) is 0 Å². The van der Waals surface area contributed by atoms with Gasteiger partial charge in [0.15, 0.2) is 0 Å². The minimum absolute atomic E-state index is 0.353. The first-order valence-corrected chi connectivity index (χ1v) is 6.51. The standard InChI is InChI=1S/C14H22N2O/c1-12(2)17-14-5-9-16(10-6-14)11-13-3-7-15-8-4-13/h3-4,7-8,12,14H,5-6,9-11H2,1-2H3. The lowest BCUT2D eigenvalue weighted by atomic mass is 10.1. The maximum Gasteiger partial charge on any atom is 0.0603 e. The van der Waals surface area contributed by atoms with Crippen molar-refractivity contribution >= 4 is 0 Å². The molecule has 1 aromatic heterocycles. The highest BCUT2D eigenvalue weighted by atomic mass is 16.5. The van der Waals surface area contributed by atoms with E-state index in [1.54, 1.807) is 0 Å². The molecule has 0 unspecified atom stereocenters. The maximum absolute atomic E-state index is 5.85.